The Morgan fingerprint density at radius 3 is 2.57 bits per heavy atom. The molecule has 4 rings (SSSR count). The van der Waals surface area contributed by atoms with E-state index in [1.54, 1.807) is 34.8 Å². The van der Waals surface area contributed by atoms with Gasteiger partial charge in [-0.2, -0.15) is 9.57 Å². The van der Waals surface area contributed by atoms with Gasteiger partial charge < -0.3 is 0 Å². The summed E-state index contributed by atoms with van der Waals surface area (Å²) in [4.78, 5) is 8.18. The van der Waals surface area contributed by atoms with Gasteiger partial charge in [0.2, 0.25) is 10.0 Å². The molecule has 3 aromatic rings. The lowest BCUT2D eigenvalue weighted by Crippen LogP contribution is -2.48. The molecule has 9 heteroatoms. The molecule has 0 amide bonds. The Labute approximate surface area is 172 Å². The highest BCUT2D eigenvalue weighted by Crippen LogP contribution is 2.28. The molecule has 0 saturated carbocycles. The van der Waals surface area contributed by atoms with Crippen LogP contribution in [0.4, 0.5) is 0 Å². The second kappa shape index (κ2) is 8.11. The van der Waals surface area contributed by atoms with Gasteiger partial charge in [0, 0.05) is 38.1 Å². The maximum absolute atomic E-state index is 12.9. The van der Waals surface area contributed by atoms with Gasteiger partial charge in [-0.05, 0) is 23.6 Å². The van der Waals surface area contributed by atoms with Gasteiger partial charge in [0.1, 0.15) is 11.1 Å². The molecule has 0 N–H and O–H groups in total. The standard InChI is InChI=1S/C19H18N4O2S3/c20-12-15-4-1-2-6-18(15)28(24,25)23-9-7-22(8-10-23)13-16-14-27-19(21-16)17-5-3-11-26-17/h1-6,11,14H,7-10,13H2. The number of nitriles is 1. The van der Waals surface area contributed by atoms with Crippen molar-refractivity contribution in [3.8, 4) is 16.0 Å². The summed E-state index contributed by atoms with van der Waals surface area (Å²) in [6.07, 6.45) is 0. The van der Waals surface area contributed by atoms with Gasteiger partial charge in [-0.3, -0.25) is 4.90 Å². The first-order valence-corrected chi connectivity index (χ1v) is 12.0. The van der Waals surface area contributed by atoms with Crippen LogP contribution in [0.5, 0.6) is 0 Å². The summed E-state index contributed by atoms with van der Waals surface area (Å²) in [6, 6.07) is 12.4. The molecule has 2 aromatic heterocycles. The van der Waals surface area contributed by atoms with Crippen LogP contribution in [-0.4, -0.2) is 48.8 Å². The fourth-order valence-corrected chi connectivity index (χ4v) is 6.36. The molecule has 0 bridgehead atoms. The van der Waals surface area contributed by atoms with Crippen LogP contribution in [0, 0.1) is 11.3 Å². The highest BCUT2D eigenvalue weighted by molar-refractivity contribution is 7.89. The lowest BCUT2D eigenvalue weighted by Gasteiger charge is -2.33. The molecule has 144 valence electrons. The molecule has 0 atom stereocenters. The normalized spacial score (nSPS) is 16.1. The summed E-state index contributed by atoms with van der Waals surface area (Å²) >= 11 is 3.32. The van der Waals surface area contributed by atoms with Crippen LogP contribution in [0.2, 0.25) is 0 Å². The molecule has 0 spiro atoms. The van der Waals surface area contributed by atoms with Crippen molar-refractivity contribution < 1.29 is 8.42 Å². The van der Waals surface area contributed by atoms with Crippen LogP contribution < -0.4 is 0 Å². The Morgan fingerprint density at radius 2 is 1.86 bits per heavy atom. The largest absolute Gasteiger partial charge is 0.295 e. The molecule has 1 fully saturated rings. The number of thiophene rings is 1. The Morgan fingerprint density at radius 1 is 1.07 bits per heavy atom. The molecule has 6 nitrogen and oxygen atoms in total. The maximum Gasteiger partial charge on any atom is 0.244 e. The van der Waals surface area contributed by atoms with Gasteiger partial charge in [0.25, 0.3) is 0 Å². The number of piperazine rings is 1. The van der Waals surface area contributed by atoms with Gasteiger partial charge in [0.05, 0.1) is 21.0 Å². The van der Waals surface area contributed by atoms with Crippen molar-refractivity contribution in [3.05, 3.63) is 58.4 Å². The average molecular weight is 431 g/mol. The molecule has 0 unspecified atom stereocenters. The summed E-state index contributed by atoms with van der Waals surface area (Å²) in [5, 5.41) is 14.4. The lowest BCUT2D eigenvalue weighted by atomic mass is 10.2. The van der Waals surface area contributed by atoms with E-state index in [2.05, 4.69) is 16.3 Å². The molecular formula is C19H18N4O2S3. The van der Waals surface area contributed by atoms with E-state index in [1.807, 2.05) is 17.5 Å². The van der Waals surface area contributed by atoms with Gasteiger partial charge in [-0.25, -0.2) is 13.4 Å². The Kier molecular flexibility index (Phi) is 5.57. The van der Waals surface area contributed by atoms with Gasteiger partial charge in [-0.1, -0.05) is 18.2 Å². The van der Waals surface area contributed by atoms with E-state index in [-0.39, 0.29) is 10.5 Å². The summed E-state index contributed by atoms with van der Waals surface area (Å²) in [5.74, 6) is 0. The minimum atomic E-state index is -3.65. The number of nitrogens with zero attached hydrogens (tertiary/aromatic N) is 4. The van der Waals surface area contributed by atoms with E-state index in [0.717, 1.165) is 10.7 Å². The molecule has 1 aliphatic rings. The number of sulfonamides is 1. The maximum atomic E-state index is 12.9. The molecule has 1 aliphatic heterocycles. The second-order valence-electron chi connectivity index (χ2n) is 6.41. The van der Waals surface area contributed by atoms with E-state index in [9.17, 15) is 13.7 Å². The van der Waals surface area contributed by atoms with Gasteiger partial charge in [-0.15, -0.1) is 22.7 Å². The Balaban J connectivity index is 1.40. The quantitative estimate of drug-likeness (QED) is 0.621. The van der Waals surface area contributed by atoms with Crippen LogP contribution in [0.1, 0.15) is 11.3 Å². The van der Waals surface area contributed by atoms with E-state index < -0.39 is 10.0 Å². The third-order valence-electron chi connectivity index (χ3n) is 4.63. The molecule has 3 heterocycles. The van der Waals surface area contributed by atoms with Crippen molar-refractivity contribution in [1.82, 2.24) is 14.2 Å². The summed E-state index contributed by atoms with van der Waals surface area (Å²) in [6.45, 7) is 2.80. The number of rotatable bonds is 5. The fraction of sp³-hybridized carbons (Fsp3) is 0.263. The molecule has 0 aliphatic carbocycles. The summed E-state index contributed by atoms with van der Waals surface area (Å²) in [7, 11) is -3.65. The van der Waals surface area contributed by atoms with Crippen molar-refractivity contribution in [2.75, 3.05) is 26.2 Å². The summed E-state index contributed by atoms with van der Waals surface area (Å²) in [5.41, 5.74) is 1.20. The minimum Gasteiger partial charge on any atom is -0.295 e. The van der Waals surface area contributed by atoms with Crippen molar-refractivity contribution in [2.45, 2.75) is 11.4 Å². The van der Waals surface area contributed by atoms with Crippen molar-refractivity contribution in [3.63, 3.8) is 0 Å². The van der Waals surface area contributed by atoms with Crippen molar-refractivity contribution in [2.24, 2.45) is 0 Å². The molecule has 0 radical (unpaired) electrons. The predicted molar refractivity (Wildman–Crippen MR) is 111 cm³/mol. The molecular weight excluding hydrogens is 412 g/mol. The van der Waals surface area contributed by atoms with E-state index in [0.29, 0.717) is 32.7 Å². The van der Waals surface area contributed by atoms with E-state index in [4.69, 9.17) is 4.98 Å². The number of aromatic nitrogens is 1. The lowest BCUT2D eigenvalue weighted by molar-refractivity contribution is 0.180. The predicted octanol–water partition coefficient (Wildman–Crippen LogP) is 3.25. The number of thiazole rings is 1. The van der Waals surface area contributed by atoms with Crippen LogP contribution in [0.25, 0.3) is 9.88 Å². The zero-order chi connectivity index (χ0) is 19.6. The first kappa shape index (κ1) is 19.2. The Bertz CT molecular complexity index is 1090. The SMILES string of the molecule is N#Cc1ccccc1S(=O)(=O)N1CCN(Cc2csc(-c3cccs3)n2)CC1. The van der Waals surface area contributed by atoms with Gasteiger partial charge >= 0.3 is 0 Å². The van der Waals surface area contributed by atoms with Crippen LogP contribution in [0.3, 0.4) is 0 Å². The molecule has 1 saturated heterocycles. The van der Waals surface area contributed by atoms with Crippen LogP contribution in [0.15, 0.2) is 52.1 Å². The fourth-order valence-electron chi connectivity index (χ4n) is 3.17. The highest BCUT2D eigenvalue weighted by Gasteiger charge is 2.30. The Hall–Kier alpha value is -2.09. The molecule has 28 heavy (non-hydrogen) atoms. The van der Waals surface area contributed by atoms with Crippen molar-refractivity contribution in [1.29, 1.82) is 5.26 Å². The number of hydrogen-bond acceptors (Lipinski definition) is 7. The molecule has 1 aromatic carbocycles. The highest BCUT2D eigenvalue weighted by atomic mass is 32.2. The smallest absolute Gasteiger partial charge is 0.244 e. The third-order valence-corrected chi connectivity index (χ3v) is 8.51. The first-order chi connectivity index (χ1) is 13.6. The van der Waals surface area contributed by atoms with Gasteiger partial charge in [0.15, 0.2) is 0 Å². The number of hydrogen-bond donors (Lipinski definition) is 0. The second-order valence-corrected chi connectivity index (χ2v) is 10.1. The van der Waals surface area contributed by atoms with E-state index >= 15 is 0 Å². The first-order valence-electron chi connectivity index (χ1n) is 8.78. The van der Waals surface area contributed by atoms with Crippen molar-refractivity contribution >= 4 is 32.7 Å². The van der Waals surface area contributed by atoms with Crippen LogP contribution in [-0.2, 0) is 16.6 Å². The number of benzene rings is 1. The topological polar surface area (TPSA) is 77.3 Å². The minimum absolute atomic E-state index is 0.0889. The zero-order valence-corrected chi connectivity index (χ0v) is 17.4. The third kappa shape index (κ3) is 3.87. The van der Waals surface area contributed by atoms with E-state index in [1.165, 1.54) is 21.3 Å². The zero-order valence-electron chi connectivity index (χ0n) is 15.0. The van der Waals surface area contributed by atoms with Crippen LogP contribution >= 0.6 is 22.7 Å². The average Bonchev–Trinajstić information content (AvgIpc) is 3.40. The summed E-state index contributed by atoms with van der Waals surface area (Å²) < 4.78 is 27.3. The monoisotopic (exact) mass is 430 g/mol.